The maximum Gasteiger partial charge on any atom is 0.288 e. The number of anilines is 1. The fourth-order valence-electron chi connectivity index (χ4n) is 3.37. The first kappa shape index (κ1) is 22.9. The van der Waals surface area contributed by atoms with Crippen LogP contribution >= 0.6 is 0 Å². The lowest BCUT2D eigenvalue weighted by Crippen LogP contribution is -2.42. The molecule has 0 bridgehead atoms. The van der Waals surface area contributed by atoms with Crippen LogP contribution in [0, 0.1) is 13.8 Å². The molecule has 172 valence electrons. The lowest BCUT2D eigenvalue weighted by molar-refractivity contribution is 0.0843. The quantitative estimate of drug-likeness (QED) is 0.381. The van der Waals surface area contributed by atoms with Gasteiger partial charge in [-0.25, -0.2) is 13.4 Å². The van der Waals surface area contributed by atoms with Crippen LogP contribution in [-0.2, 0) is 10.0 Å². The third-order valence-electron chi connectivity index (χ3n) is 5.15. The van der Waals surface area contributed by atoms with Gasteiger partial charge in [0.1, 0.15) is 5.69 Å². The summed E-state index contributed by atoms with van der Waals surface area (Å²) in [6.07, 6.45) is 0. The van der Waals surface area contributed by atoms with E-state index >= 15 is 0 Å². The van der Waals surface area contributed by atoms with E-state index in [0.29, 0.717) is 16.8 Å². The van der Waals surface area contributed by atoms with Gasteiger partial charge in [-0.15, -0.1) is 0 Å². The number of amides is 2. The summed E-state index contributed by atoms with van der Waals surface area (Å²) in [6, 6.07) is 21.8. The lowest BCUT2D eigenvalue weighted by Gasteiger charge is -2.12. The van der Waals surface area contributed by atoms with Crippen molar-refractivity contribution in [2.75, 3.05) is 4.72 Å². The zero-order valence-electron chi connectivity index (χ0n) is 18.5. The Morgan fingerprint density at radius 3 is 2.35 bits per heavy atom. The number of hydrazine groups is 1. The topological polar surface area (TPSA) is 117 Å². The minimum Gasteiger partial charge on any atom is -0.280 e. The Morgan fingerprint density at radius 2 is 1.56 bits per heavy atom. The number of hydrogen-bond donors (Lipinski definition) is 3. The van der Waals surface area contributed by atoms with Gasteiger partial charge in [0, 0.05) is 16.6 Å². The SMILES string of the molecule is Cc1cccc(NS(=O)(=O)c2ccc(C)c(C(=O)NNC(=O)c3ccc4ccccc4n3)c2)c1. The molecule has 0 radical (unpaired) electrons. The van der Waals surface area contributed by atoms with Crippen molar-refractivity contribution in [1.82, 2.24) is 15.8 Å². The Bertz CT molecular complexity index is 1520. The molecule has 0 atom stereocenters. The molecule has 0 aliphatic carbocycles. The predicted octanol–water partition coefficient (Wildman–Crippen LogP) is 3.73. The van der Waals surface area contributed by atoms with Crippen molar-refractivity contribution in [1.29, 1.82) is 0 Å². The van der Waals surface area contributed by atoms with E-state index in [-0.39, 0.29) is 16.2 Å². The Labute approximate surface area is 197 Å². The molecular formula is C25H22N4O4S. The van der Waals surface area contributed by atoms with E-state index in [2.05, 4.69) is 20.6 Å². The van der Waals surface area contributed by atoms with Crippen molar-refractivity contribution in [2.45, 2.75) is 18.7 Å². The summed E-state index contributed by atoms with van der Waals surface area (Å²) in [5.74, 6) is -1.25. The summed E-state index contributed by atoms with van der Waals surface area (Å²) < 4.78 is 28.2. The minimum atomic E-state index is -3.93. The normalized spacial score (nSPS) is 11.1. The van der Waals surface area contributed by atoms with Crippen molar-refractivity contribution in [3.8, 4) is 0 Å². The zero-order chi connectivity index (χ0) is 24.3. The molecule has 3 N–H and O–H groups in total. The third-order valence-corrected chi connectivity index (χ3v) is 6.53. The highest BCUT2D eigenvalue weighted by Crippen LogP contribution is 2.20. The number of aryl methyl sites for hydroxylation is 2. The molecule has 1 heterocycles. The smallest absolute Gasteiger partial charge is 0.280 e. The van der Waals surface area contributed by atoms with Gasteiger partial charge in [0.15, 0.2) is 0 Å². The van der Waals surface area contributed by atoms with Crippen LogP contribution in [0.25, 0.3) is 10.9 Å². The molecule has 8 nitrogen and oxygen atoms in total. The number of rotatable bonds is 5. The van der Waals surface area contributed by atoms with Gasteiger partial charge < -0.3 is 0 Å². The molecule has 4 rings (SSSR count). The predicted molar refractivity (Wildman–Crippen MR) is 130 cm³/mol. The molecule has 0 unspecified atom stereocenters. The molecule has 0 spiro atoms. The van der Waals surface area contributed by atoms with E-state index in [9.17, 15) is 18.0 Å². The molecule has 0 aliphatic heterocycles. The van der Waals surface area contributed by atoms with Crippen LogP contribution in [0.5, 0.6) is 0 Å². The van der Waals surface area contributed by atoms with Gasteiger partial charge in [-0.05, 0) is 61.4 Å². The largest absolute Gasteiger partial charge is 0.288 e. The number of pyridine rings is 1. The van der Waals surface area contributed by atoms with Gasteiger partial charge in [0.25, 0.3) is 21.8 Å². The van der Waals surface area contributed by atoms with Crippen molar-refractivity contribution in [3.63, 3.8) is 0 Å². The number of fused-ring (bicyclic) bond motifs is 1. The first-order valence-electron chi connectivity index (χ1n) is 10.4. The van der Waals surface area contributed by atoms with Gasteiger partial charge in [0.05, 0.1) is 10.4 Å². The molecular weight excluding hydrogens is 452 g/mol. The van der Waals surface area contributed by atoms with Gasteiger partial charge >= 0.3 is 0 Å². The van der Waals surface area contributed by atoms with Crippen molar-refractivity contribution < 1.29 is 18.0 Å². The van der Waals surface area contributed by atoms with Crippen LogP contribution in [0.2, 0.25) is 0 Å². The standard InChI is InChI=1S/C25H22N4O4S/c1-16-6-5-8-19(14-16)29-34(32,33)20-12-10-17(2)21(15-20)24(30)27-28-25(31)23-13-11-18-7-3-4-9-22(18)26-23/h3-15,29H,1-2H3,(H,27,30)(H,28,31). The van der Waals surface area contributed by atoms with Crippen molar-refractivity contribution >= 4 is 38.4 Å². The Kier molecular flexibility index (Phi) is 6.29. The number of carbonyl (C=O) groups is 2. The molecule has 4 aromatic rings. The van der Waals surface area contributed by atoms with Crippen LogP contribution < -0.4 is 15.6 Å². The second-order valence-corrected chi connectivity index (χ2v) is 9.43. The monoisotopic (exact) mass is 474 g/mol. The van der Waals surface area contributed by atoms with Gasteiger partial charge in [-0.3, -0.25) is 25.2 Å². The highest BCUT2D eigenvalue weighted by molar-refractivity contribution is 7.92. The van der Waals surface area contributed by atoms with E-state index in [1.54, 1.807) is 43.3 Å². The molecule has 0 saturated carbocycles. The number of sulfonamides is 1. The van der Waals surface area contributed by atoms with Crippen LogP contribution in [0.4, 0.5) is 5.69 Å². The molecule has 2 amide bonds. The fraction of sp³-hybridized carbons (Fsp3) is 0.0800. The number of hydrogen-bond acceptors (Lipinski definition) is 5. The maximum absolute atomic E-state index is 12.8. The maximum atomic E-state index is 12.8. The van der Waals surface area contributed by atoms with Crippen molar-refractivity contribution in [3.05, 3.63) is 101 Å². The van der Waals surface area contributed by atoms with E-state index in [1.807, 2.05) is 31.2 Å². The highest BCUT2D eigenvalue weighted by atomic mass is 32.2. The number of benzene rings is 3. The summed E-state index contributed by atoms with van der Waals surface area (Å²) in [5.41, 5.74) is 7.42. The van der Waals surface area contributed by atoms with Crippen LogP contribution in [-0.4, -0.2) is 25.2 Å². The average Bonchev–Trinajstić information content (AvgIpc) is 2.82. The van der Waals surface area contributed by atoms with Crippen LogP contribution in [0.3, 0.4) is 0 Å². The molecule has 0 fully saturated rings. The second-order valence-electron chi connectivity index (χ2n) is 7.75. The third kappa shape index (κ3) is 5.05. The Morgan fingerprint density at radius 1 is 0.794 bits per heavy atom. The fourth-order valence-corrected chi connectivity index (χ4v) is 4.45. The van der Waals surface area contributed by atoms with Gasteiger partial charge in [-0.1, -0.05) is 42.5 Å². The van der Waals surface area contributed by atoms with Crippen LogP contribution in [0.1, 0.15) is 32.0 Å². The van der Waals surface area contributed by atoms with Gasteiger partial charge in [-0.2, -0.15) is 0 Å². The molecule has 3 aromatic carbocycles. The van der Waals surface area contributed by atoms with E-state index in [0.717, 1.165) is 10.9 Å². The lowest BCUT2D eigenvalue weighted by atomic mass is 10.1. The number of carbonyl (C=O) groups excluding carboxylic acids is 2. The van der Waals surface area contributed by atoms with Gasteiger partial charge in [0.2, 0.25) is 0 Å². The van der Waals surface area contributed by atoms with E-state index < -0.39 is 21.8 Å². The number of para-hydroxylation sites is 1. The zero-order valence-corrected chi connectivity index (χ0v) is 19.3. The first-order valence-corrected chi connectivity index (χ1v) is 11.9. The second kappa shape index (κ2) is 9.32. The Balaban J connectivity index is 1.49. The first-order chi connectivity index (χ1) is 16.2. The van der Waals surface area contributed by atoms with Crippen molar-refractivity contribution in [2.24, 2.45) is 0 Å². The average molecular weight is 475 g/mol. The molecule has 0 saturated heterocycles. The molecule has 34 heavy (non-hydrogen) atoms. The molecule has 1 aromatic heterocycles. The number of nitrogens with zero attached hydrogens (tertiary/aromatic N) is 1. The number of nitrogens with one attached hydrogen (secondary N) is 3. The highest BCUT2D eigenvalue weighted by Gasteiger charge is 2.19. The Hall–Kier alpha value is -4.24. The van der Waals surface area contributed by atoms with Crippen LogP contribution in [0.15, 0.2) is 83.8 Å². The summed E-state index contributed by atoms with van der Waals surface area (Å²) in [7, 11) is -3.93. The summed E-state index contributed by atoms with van der Waals surface area (Å²) >= 11 is 0. The number of aromatic nitrogens is 1. The summed E-state index contributed by atoms with van der Waals surface area (Å²) in [5, 5.41) is 0.885. The molecule has 0 aliphatic rings. The summed E-state index contributed by atoms with van der Waals surface area (Å²) in [4.78, 5) is 29.4. The summed E-state index contributed by atoms with van der Waals surface area (Å²) in [6.45, 7) is 3.53. The van der Waals surface area contributed by atoms with E-state index in [1.165, 1.54) is 18.2 Å². The molecule has 9 heteroatoms. The van der Waals surface area contributed by atoms with E-state index in [4.69, 9.17) is 0 Å². The minimum absolute atomic E-state index is 0.0766.